The fourth-order valence-electron chi connectivity index (χ4n) is 2.93. The largest absolute Gasteiger partial charge is 0.388 e. The number of nitrogens with one attached hydrogen (secondary N) is 1. The number of hydroxylamine groups is 2. The lowest BCUT2D eigenvalue weighted by molar-refractivity contribution is -0.174. The second-order valence-electron chi connectivity index (χ2n) is 7.37. The zero-order valence-electron chi connectivity index (χ0n) is 12.2. The zero-order valence-corrected chi connectivity index (χ0v) is 12.2. The van der Waals surface area contributed by atoms with Crippen molar-refractivity contribution in [2.45, 2.75) is 58.4 Å². The van der Waals surface area contributed by atoms with E-state index in [0.717, 1.165) is 19.5 Å². The highest BCUT2D eigenvalue weighted by Crippen LogP contribution is 2.44. The van der Waals surface area contributed by atoms with E-state index in [1.807, 2.05) is 5.06 Å². The average Bonchev–Trinajstić information content (AvgIpc) is 2.79. The second kappa shape index (κ2) is 4.16. The number of alkyl halides is 1. The molecule has 1 saturated heterocycles. The molecule has 1 aliphatic carbocycles. The standard InChI is InChI=1S/C14H24FN3O/c1-13(2,3)18-12(14(4)5-6-16-8-14)17-11(19-18)9-7-10(9)15/h9-10,12,16H,5-8H2,1-4H3/t9-,10+,12?,14?/m1/s1. The summed E-state index contributed by atoms with van der Waals surface area (Å²) in [7, 11) is 0. The van der Waals surface area contributed by atoms with E-state index in [-0.39, 0.29) is 23.0 Å². The lowest BCUT2D eigenvalue weighted by Gasteiger charge is -2.40. The van der Waals surface area contributed by atoms with Crippen molar-refractivity contribution < 1.29 is 9.23 Å². The Morgan fingerprint density at radius 1 is 1.47 bits per heavy atom. The summed E-state index contributed by atoms with van der Waals surface area (Å²) in [5.41, 5.74) is -0.0715. The highest BCUT2D eigenvalue weighted by molar-refractivity contribution is 5.83. The molecule has 0 amide bonds. The van der Waals surface area contributed by atoms with E-state index in [4.69, 9.17) is 9.83 Å². The van der Waals surface area contributed by atoms with Gasteiger partial charge in [-0.2, -0.15) is 0 Å². The molecule has 0 spiro atoms. The van der Waals surface area contributed by atoms with Crippen molar-refractivity contribution in [2.75, 3.05) is 13.1 Å². The minimum Gasteiger partial charge on any atom is -0.388 e. The highest BCUT2D eigenvalue weighted by atomic mass is 19.1. The van der Waals surface area contributed by atoms with E-state index in [1.165, 1.54) is 0 Å². The molecule has 4 atom stereocenters. The predicted octanol–water partition coefficient (Wildman–Crippen LogP) is 2.11. The van der Waals surface area contributed by atoms with Gasteiger partial charge in [0.15, 0.2) is 0 Å². The first-order valence-corrected chi connectivity index (χ1v) is 7.21. The predicted molar refractivity (Wildman–Crippen MR) is 72.5 cm³/mol. The lowest BCUT2D eigenvalue weighted by atomic mass is 9.85. The Balaban J connectivity index is 1.86. The van der Waals surface area contributed by atoms with Gasteiger partial charge in [0, 0.05) is 12.0 Å². The van der Waals surface area contributed by atoms with Crippen LogP contribution < -0.4 is 5.32 Å². The number of aliphatic imine (C=N–C) groups is 1. The van der Waals surface area contributed by atoms with Crippen LogP contribution in [0.25, 0.3) is 0 Å². The van der Waals surface area contributed by atoms with Crippen LogP contribution in [0, 0.1) is 11.3 Å². The summed E-state index contributed by atoms with van der Waals surface area (Å²) in [6.07, 6.45) is 0.881. The molecule has 0 aromatic rings. The summed E-state index contributed by atoms with van der Waals surface area (Å²) in [6, 6.07) is 0. The number of halogens is 1. The van der Waals surface area contributed by atoms with Crippen molar-refractivity contribution in [3.63, 3.8) is 0 Å². The fraction of sp³-hybridized carbons (Fsp3) is 0.929. The maximum absolute atomic E-state index is 13.3. The van der Waals surface area contributed by atoms with Gasteiger partial charge in [-0.25, -0.2) is 9.38 Å². The molecule has 3 rings (SSSR count). The molecular formula is C14H24FN3O. The Bertz CT molecular complexity index is 398. The van der Waals surface area contributed by atoms with Crippen molar-refractivity contribution in [3.8, 4) is 0 Å². The van der Waals surface area contributed by atoms with Crippen LogP contribution in [0.1, 0.15) is 40.5 Å². The van der Waals surface area contributed by atoms with E-state index in [0.29, 0.717) is 12.3 Å². The van der Waals surface area contributed by atoms with Gasteiger partial charge in [-0.3, -0.25) is 0 Å². The van der Waals surface area contributed by atoms with E-state index in [1.54, 1.807) is 0 Å². The van der Waals surface area contributed by atoms with Gasteiger partial charge in [0.05, 0.1) is 11.5 Å². The van der Waals surface area contributed by atoms with E-state index >= 15 is 0 Å². The number of hydrogen-bond donors (Lipinski definition) is 1. The van der Waals surface area contributed by atoms with Crippen LogP contribution in [0.3, 0.4) is 0 Å². The SMILES string of the molecule is CC1(C2N=C([C@@H]3C[C@@H]3F)ON2C(C)(C)C)CCNC1. The van der Waals surface area contributed by atoms with Crippen molar-refractivity contribution in [1.82, 2.24) is 10.4 Å². The summed E-state index contributed by atoms with van der Waals surface area (Å²) in [4.78, 5) is 10.7. The van der Waals surface area contributed by atoms with Gasteiger partial charge >= 0.3 is 0 Å². The molecule has 19 heavy (non-hydrogen) atoms. The molecule has 0 aromatic carbocycles. The third-order valence-corrected chi connectivity index (χ3v) is 4.38. The normalized spacial score (nSPS) is 43.2. The molecule has 0 bridgehead atoms. The summed E-state index contributed by atoms with van der Waals surface area (Å²) >= 11 is 0. The summed E-state index contributed by atoms with van der Waals surface area (Å²) in [5.74, 6) is 0.508. The van der Waals surface area contributed by atoms with E-state index < -0.39 is 6.17 Å². The molecular weight excluding hydrogens is 245 g/mol. The van der Waals surface area contributed by atoms with Crippen LogP contribution in [0.5, 0.6) is 0 Å². The Morgan fingerprint density at radius 2 is 2.16 bits per heavy atom. The van der Waals surface area contributed by atoms with Crippen LogP contribution in [-0.4, -0.2) is 41.9 Å². The average molecular weight is 269 g/mol. The third kappa shape index (κ3) is 2.27. The van der Waals surface area contributed by atoms with Gasteiger partial charge in [0.2, 0.25) is 5.90 Å². The number of rotatable bonds is 2. The van der Waals surface area contributed by atoms with Crippen molar-refractivity contribution in [2.24, 2.45) is 16.3 Å². The van der Waals surface area contributed by atoms with Crippen LogP contribution in [-0.2, 0) is 4.84 Å². The van der Waals surface area contributed by atoms with Crippen LogP contribution in [0.15, 0.2) is 4.99 Å². The fourth-order valence-corrected chi connectivity index (χ4v) is 2.93. The van der Waals surface area contributed by atoms with Crippen LogP contribution >= 0.6 is 0 Å². The van der Waals surface area contributed by atoms with Gasteiger partial charge in [0.25, 0.3) is 0 Å². The summed E-state index contributed by atoms with van der Waals surface area (Å²) < 4.78 is 13.3. The van der Waals surface area contributed by atoms with Crippen molar-refractivity contribution in [3.05, 3.63) is 0 Å². The first-order chi connectivity index (χ1) is 8.81. The monoisotopic (exact) mass is 269 g/mol. The smallest absolute Gasteiger partial charge is 0.217 e. The van der Waals surface area contributed by atoms with Crippen molar-refractivity contribution in [1.29, 1.82) is 0 Å². The van der Waals surface area contributed by atoms with Gasteiger partial charge < -0.3 is 10.2 Å². The summed E-state index contributed by atoms with van der Waals surface area (Å²) in [6.45, 7) is 10.5. The van der Waals surface area contributed by atoms with Gasteiger partial charge in [-0.1, -0.05) is 6.92 Å². The molecule has 3 aliphatic rings. The first kappa shape index (κ1) is 13.3. The molecule has 2 fully saturated rings. The Hall–Kier alpha value is -0.680. The lowest BCUT2D eigenvalue weighted by Crippen LogP contribution is -2.51. The molecule has 2 unspecified atom stereocenters. The molecule has 5 heteroatoms. The quantitative estimate of drug-likeness (QED) is 0.834. The van der Waals surface area contributed by atoms with E-state index in [9.17, 15) is 4.39 Å². The Kier molecular flexibility index (Phi) is 2.91. The Labute approximate surface area is 114 Å². The molecule has 1 saturated carbocycles. The summed E-state index contributed by atoms with van der Waals surface area (Å²) in [5, 5.41) is 5.38. The third-order valence-electron chi connectivity index (χ3n) is 4.38. The highest BCUT2D eigenvalue weighted by Gasteiger charge is 2.53. The van der Waals surface area contributed by atoms with Crippen LogP contribution in [0.4, 0.5) is 4.39 Å². The molecule has 2 heterocycles. The van der Waals surface area contributed by atoms with Gasteiger partial charge in [-0.15, -0.1) is 5.06 Å². The molecule has 4 nitrogen and oxygen atoms in total. The molecule has 0 aromatic heterocycles. The molecule has 108 valence electrons. The van der Waals surface area contributed by atoms with Crippen LogP contribution in [0.2, 0.25) is 0 Å². The minimum absolute atomic E-state index is 0.00898. The molecule has 1 N–H and O–H groups in total. The van der Waals surface area contributed by atoms with Gasteiger partial charge in [0.1, 0.15) is 12.3 Å². The second-order valence-corrected chi connectivity index (χ2v) is 7.37. The maximum atomic E-state index is 13.3. The topological polar surface area (TPSA) is 36.9 Å². The minimum atomic E-state index is -0.756. The first-order valence-electron chi connectivity index (χ1n) is 7.21. The maximum Gasteiger partial charge on any atom is 0.217 e. The van der Waals surface area contributed by atoms with Gasteiger partial charge in [-0.05, 0) is 40.2 Å². The number of hydrogen-bond acceptors (Lipinski definition) is 4. The van der Waals surface area contributed by atoms with E-state index in [2.05, 4.69) is 33.0 Å². The zero-order chi connectivity index (χ0) is 13.8. The Morgan fingerprint density at radius 3 is 2.63 bits per heavy atom. The molecule has 0 radical (unpaired) electrons. The number of nitrogens with zero attached hydrogens (tertiary/aromatic N) is 2. The molecule has 2 aliphatic heterocycles. The van der Waals surface area contributed by atoms with Crippen molar-refractivity contribution >= 4 is 5.90 Å².